The standard InChI is InChI=1S/C24H23ClN6O/c1-3-30(24(32)21-14-17(2)4-9-22(21)31-28-11-12-29-31)13-10-23-26-15-19(16-27-23)18-5-7-20(25)8-6-18/h4-9,11-12,14-16H,3,10,13H2,1-2H3. The molecule has 0 aliphatic carbocycles. The number of hydrogen-bond donors (Lipinski definition) is 0. The Hall–Kier alpha value is -3.58. The van der Waals surface area contributed by atoms with E-state index >= 15 is 0 Å². The number of rotatable bonds is 7. The Bertz CT molecular complexity index is 1190. The summed E-state index contributed by atoms with van der Waals surface area (Å²) in [5.41, 5.74) is 4.16. The second-order valence-electron chi connectivity index (χ2n) is 7.37. The molecule has 7 nitrogen and oxygen atoms in total. The Morgan fingerprint density at radius 2 is 1.69 bits per heavy atom. The van der Waals surface area contributed by atoms with Gasteiger partial charge in [-0.3, -0.25) is 4.79 Å². The molecule has 0 atom stereocenters. The molecule has 0 fully saturated rings. The van der Waals surface area contributed by atoms with Crippen LogP contribution in [0.4, 0.5) is 0 Å². The molecule has 0 bridgehead atoms. The fraction of sp³-hybridized carbons (Fsp3) is 0.208. The fourth-order valence-electron chi connectivity index (χ4n) is 3.42. The third kappa shape index (κ3) is 4.84. The number of nitrogens with zero attached hydrogens (tertiary/aromatic N) is 6. The van der Waals surface area contributed by atoms with Crippen LogP contribution in [0.25, 0.3) is 16.8 Å². The van der Waals surface area contributed by atoms with Gasteiger partial charge in [0.25, 0.3) is 5.91 Å². The molecule has 4 rings (SSSR count). The van der Waals surface area contributed by atoms with Crippen LogP contribution < -0.4 is 0 Å². The molecule has 1 amide bonds. The van der Waals surface area contributed by atoms with Crippen LogP contribution in [-0.2, 0) is 6.42 Å². The summed E-state index contributed by atoms with van der Waals surface area (Å²) >= 11 is 5.95. The van der Waals surface area contributed by atoms with Gasteiger partial charge < -0.3 is 4.90 Å². The molecule has 0 radical (unpaired) electrons. The van der Waals surface area contributed by atoms with Gasteiger partial charge in [-0.25, -0.2) is 9.97 Å². The van der Waals surface area contributed by atoms with Crippen LogP contribution in [0.15, 0.2) is 67.3 Å². The topological polar surface area (TPSA) is 76.8 Å². The van der Waals surface area contributed by atoms with Gasteiger partial charge in [0.15, 0.2) is 0 Å². The van der Waals surface area contributed by atoms with Gasteiger partial charge >= 0.3 is 0 Å². The molecule has 0 saturated carbocycles. The Morgan fingerprint density at radius 1 is 1.00 bits per heavy atom. The van der Waals surface area contributed by atoms with Crippen LogP contribution in [0.2, 0.25) is 5.02 Å². The first-order valence-electron chi connectivity index (χ1n) is 10.4. The van der Waals surface area contributed by atoms with Gasteiger partial charge in [0.1, 0.15) is 5.82 Å². The fourth-order valence-corrected chi connectivity index (χ4v) is 3.55. The van der Waals surface area contributed by atoms with Crippen LogP contribution >= 0.6 is 11.6 Å². The van der Waals surface area contributed by atoms with E-state index in [4.69, 9.17) is 11.6 Å². The third-order valence-corrected chi connectivity index (χ3v) is 5.43. The predicted molar refractivity (Wildman–Crippen MR) is 124 cm³/mol. The molecule has 162 valence electrons. The summed E-state index contributed by atoms with van der Waals surface area (Å²) in [7, 11) is 0. The number of hydrogen-bond acceptors (Lipinski definition) is 5. The SMILES string of the molecule is CCN(CCc1ncc(-c2ccc(Cl)cc2)cn1)C(=O)c1cc(C)ccc1-n1nccn1. The number of amides is 1. The van der Waals surface area contributed by atoms with Gasteiger partial charge in [-0.1, -0.05) is 35.4 Å². The average molecular weight is 447 g/mol. The quantitative estimate of drug-likeness (QED) is 0.420. The second kappa shape index (κ2) is 9.70. The van der Waals surface area contributed by atoms with Gasteiger partial charge in [0.2, 0.25) is 0 Å². The maximum atomic E-state index is 13.3. The maximum absolute atomic E-state index is 13.3. The normalized spacial score (nSPS) is 10.8. The predicted octanol–water partition coefficient (Wildman–Crippen LogP) is 4.39. The highest BCUT2D eigenvalue weighted by atomic mass is 35.5. The summed E-state index contributed by atoms with van der Waals surface area (Å²) in [6.45, 7) is 5.00. The minimum atomic E-state index is -0.0683. The smallest absolute Gasteiger partial charge is 0.256 e. The van der Waals surface area contributed by atoms with E-state index in [1.54, 1.807) is 29.7 Å². The lowest BCUT2D eigenvalue weighted by Gasteiger charge is -2.22. The van der Waals surface area contributed by atoms with Crippen molar-refractivity contribution in [3.8, 4) is 16.8 Å². The molecule has 0 saturated heterocycles. The van der Waals surface area contributed by atoms with Crippen molar-refractivity contribution in [3.05, 3.63) is 89.2 Å². The molecule has 32 heavy (non-hydrogen) atoms. The molecule has 4 aromatic rings. The van der Waals surface area contributed by atoms with Gasteiger partial charge in [-0.2, -0.15) is 15.0 Å². The van der Waals surface area contributed by atoms with E-state index in [-0.39, 0.29) is 5.91 Å². The molecule has 0 unspecified atom stereocenters. The summed E-state index contributed by atoms with van der Waals surface area (Å²) in [5.74, 6) is 0.619. The zero-order valence-electron chi connectivity index (χ0n) is 17.9. The zero-order valence-corrected chi connectivity index (χ0v) is 18.7. The van der Waals surface area contributed by atoms with Gasteiger partial charge in [0, 0.05) is 42.5 Å². The number of aryl methyl sites for hydroxylation is 1. The number of likely N-dealkylation sites (N-methyl/N-ethyl adjacent to an activating group) is 1. The summed E-state index contributed by atoms with van der Waals surface area (Å²) in [6, 6.07) is 13.2. The molecule has 0 N–H and O–H groups in total. The Labute approximate surface area is 191 Å². The summed E-state index contributed by atoms with van der Waals surface area (Å²) < 4.78 is 0. The van der Waals surface area contributed by atoms with E-state index in [1.165, 1.54) is 4.80 Å². The van der Waals surface area contributed by atoms with Crippen LogP contribution in [-0.4, -0.2) is 48.9 Å². The van der Waals surface area contributed by atoms with E-state index in [0.29, 0.717) is 41.6 Å². The first kappa shape index (κ1) is 21.6. The number of benzene rings is 2. The highest BCUT2D eigenvalue weighted by molar-refractivity contribution is 6.30. The van der Waals surface area contributed by atoms with Crippen molar-refractivity contribution in [3.63, 3.8) is 0 Å². The van der Waals surface area contributed by atoms with Gasteiger partial charge in [-0.05, 0) is 43.7 Å². The van der Waals surface area contributed by atoms with E-state index in [1.807, 2.05) is 56.3 Å². The van der Waals surface area contributed by atoms with E-state index in [2.05, 4.69) is 20.2 Å². The molecule has 0 aliphatic heterocycles. The first-order valence-corrected chi connectivity index (χ1v) is 10.8. The number of carbonyl (C=O) groups excluding carboxylic acids is 1. The van der Waals surface area contributed by atoms with Crippen LogP contribution in [0, 0.1) is 6.92 Å². The second-order valence-corrected chi connectivity index (χ2v) is 7.81. The molecule has 8 heteroatoms. The minimum Gasteiger partial charge on any atom is -0.338 e. The Morgan fingerprint density at radius 3 is 2.34 bits per heavy atom. The molecular weight excluding hydrogens is 424 g/mol. The highest BCUT2D eigenvalue weighted by Gasteiger charge is 2.20. The van der Waals surface area contributed by atoms with Crippen molar-refractivity contribution in [1.82, 2.24) is 29.9 Å². The largest absolute Gasteiger partial charge is 0.338 e. The average Bonchev–Trinajstić information content (AvgIpc) is 3.35. The first-order chi connectivity index (χ1) is 15.5. The Kier molecular flexibility index (Phi) is 6.56. The van der Waals surface area contributed by atoms with Gasteiger partial charge in [-0.15, -0.1) is 0 Å². The molecule has 2 heterocycles. The van der Waals surface area contributed by atoms with Crippen molar-refractivity contribution >= 4 is 17.5 Å². The molecule has 2 aromatic heterocycles. The van der Waals surface area contributed by atoms with Crippen molar-refractivity contribution < 1.29 is 4.79 Å². The zero-order chi connectivity index (χ0) is 22.5. The summed E-state index contributed by atoms with van der Waals surface area (Å²) in [5, 5.41) is 9.06. The lowest BCUT2D eigenvalue weighted by Crippen LogP contribution is -2.34. The van der Waals surface area contributed by atoms with Crippen molar-refractivity contribution in [2.45, 2.75) is 20.3 Å². The lowest BCUT2D eigenvalue weighted by atomic mass is 10.1. The molecular formula is C24H23ClN6O. The Balaban J connectivity index is 1.48. The summed E-state index contributed by atoms with van der Waals surface area (Å²) in [6.07, 6.45) is 7.34. The molecule has 0 aliphatic rings. The third-order valence-electron chi connectivity index (χ3n) is 5.17. The minimum absolute atomic E-state index is 0.0683. The van der Waals surface area contributed by atoms with Crippen LogP contribution in [0.1, 0.15) is 28.7 Å². The number of carbonyl (C=O) groups is 1. The monoisotopic (exact) mass is 446 g/mol. The maximum Gasteiger partial charge on any atom is 0.256 e. The lowest BCUT2D eigenvalue weighted by molar-refractivity contribution is 0.0765. The van der Waals surface area contributed by atoms with E-state index < -0.39 is 0 Å². The number of aromatic nitrogens is 5. The van der Waals surface area contributed by atoms with Crippen molar-refractivity contribution in [2.24, 2.45) is 0 Å². The van der Waals surface area contributed by atoms with Gasteiger partial charge in [0.05, 0.1) is 23.6 Å². The van der Waals surface area contributed by atoms with E-state index in [0.717, 1.165) is 16.7 Å². The van der Waals surface area contributed by atoms with Crippen molar-refractivity contribution in [1.29, 1.82) is 0 Å². The molecule has 0 spiro atoms. The van der Waals surface area contributed by atoms with Crippen LogP contribution in [0.3, 0.4) is 0 Å². The number of halogens is 1. The van der Waals surface area contributed by atoms with Crippen LogP contribution in [0.5, 0.6) is 0 Å². The molecule has 2 aromatic carbocycles. The van der Waals surface area contributed by atoms with E-state index in [9.17, 15) is 4.79 Å². The van der Waals surface area contributed by atoms with Crippen molar-refractivity contribution in [2.75, 3.05) is 13.1 Å². The highest BCUT2D eigenvalue weighted by Crippen LogP contribution is 2.20. The summed E-state index contributed by atoms with van der Waals surface area (Å²) in [4.78, 5) is 25.6.